The Bertz CT molecular complexity index is 1190. The second kappa shape index (κ2) is 9.75. The molecule has 4 nitrogen and oxygen atoms in total. The van der Waals surface area contributed by atoms with Crippen molar-refractivity contribution >= 4 is 11.6 Å². The van der Waals surface area contributed by atoms with Crippen molar-refractivity contribution in [2.75, 3.05) is 0 Å². The summed E-state index contributed by atoms with van der Waals surface area (Å²) in [7, 11) is 0. The van der Waals surface area contributed by atoms with Crippen molar-refractivity contribution in [1.82, 2.24) is 0 Å². The van der Waals surface area contributed by atoms with Crippen molar-refractivity contribution in [3.63, 3.8) is 0 Å². The topological polar surface area (TPSA) is 52.6 Å². The Labute approximate surface area is 198 Å². The zero-order valence-electron chi connectivity index (χ0n) is 18.6. The van der Waals surface area contributed by atoms with Crippen LogP contribution in [0.15, 0.2) is 109 Å². The minimum Gasteiger partial charge on any atom is -0.484 e. The van der Waals surface area contributed by atoms with Crippen LogP contribution >= 0.6 is 0 Å². The molecule has 0 radical (unpaired) electrons. The Morgan fingerprint density at radius 3 is 1.24 bits per heavy atom. The van der Waals surface area contributed by atoms with Crippen molar-refractivity contribution in [3.8, 4) is 11.5 Å². The van der Waals surface area contributed by atoms with Crippen molar-refractivity contribution in [2.45, 2.75) is 25.0 Å². The molecule has 0 fully saturated rings. The predicted octanol–water partition coefficient (Wildman–Crippen LogP) is 6.79. The Morgan fingerprint density at radius 1 is 0.471 bits per heavy atom. The molecule has 2 atom stereocenters. The number of Topliss-reactive ketones (excluding diaryl/α,β-unsaturated/α-hetero) is 2. The molecule has 0 saturated carbocycles. The SMILES string of the molecule is O=C1CC(c2ccccc2)Oc2ccccc21.O=C1CC(c2ccccc2)Oc2ccccc21. The normalized spacial score (nSPS) is 18.4. The van der Waals surface area contributed by atoms with Gasteiger partial charge < -0.3 is 9.47 Å². The maximum atomic E-state index is 12.0. The van der Waals surface area contributed by atoms with Crippen molar-refractivity contribution in [3.05, 3.63) is 131 Å². The lowest BCUT2D eigenvalue weighted by molar-refractivity contribution is 0.0840. The van der Waals surface area contributed by atoms with Gasteiger partial charge in [-0.2, -0.15) is 0 Å². The lowest BCUT2D eigenvalue weighted by Crippen LogP contribution is -2.20. The van der Waals surface area contributed by atoms with Crippen LogP contribution in [0, 0.1) is 0 Å². The molecule has 4 aromatic carbocycles. The van der Waals surface area contributed by atoms with Gasteiger partial charge in [-0.05, 0) is 35.4 Å². The van der Waals surface area contributed by atoms with Gasteiger partial charge in [0.15, 0.2) is 11.6 Å². The highest BCUT2D eigenvalue weighted by Crippen LogP contribution is 2.35. The van der Waals surface area contributed by atoms with Crippen LogP contribution in [0.5, 0.6) is 11.5 Å². The van der Waals surface area contributed by atoms with E-state index in [0.29, 0.717) is 35.5 Å². The molecule has 0 amide bonds. The molecule has 168 valence electrons. The number of rotatable bonds is 2. The third-order valence-electron chi connectivity index (χ3n) is 6.00. The fraction of sp³-hybridized carbons (Fsp3) is 0.133. The van der Waals surface area contributed by atoms with Crippen LogP contribution in [-0.4, -0.2) is 11.6 Å². The first-order chi connectivity index (χ1) is 16.7. The fourth-order valence-corrected chi connectivity index (χ4v) is 4.25. The number of hydrogen-bond donors (Lipinski definition) is 0. The summed E-state index contributed by atoms with van der Waals surface area (Å²) >= 11 is 0. The first-order valence-electron chi connectivity index (χ1n) is 11.4. The number of benzene rings is 4. The molecule has 2 heterocycles. The third-order valence-corrected chi connectivity index (χ3v) is 6.00. The summed E-state index contributed by atoms with van der Waals surface area (Å²) < 4.78 is 11.7. The molecule has 0 aromatic heterocycles. The fourth-order valence-electron chi connectivity index (χ4n) is 4.25. The summed E-state index contributed by atoms with van der Waals surface area (Å²) in [6, 6.07) is 34.6. The van der Waals surface area contributed by atoms with Gasteiger partial charge >= 0.3 is 0 Å². The minimum absolute atomic E-state index is 0.153. The molecule has 4 heteroatoms. The molecule has 34 heavy (non-hydrogen) atoms. The molecule has 0 aliphatic carbocycles. The monoisotopic (exact) mass is 448 g/mol. The van der Waals surface area contributed by atoms with Crippen molar-refractivity contribution in [2.24, 2.45) is 0 Å². The molecule has 0 spiro atoms. The number of ketones is 2. The van der Waals surface area contributed by atoms with E-state index in [1.807, 2.05) is 109 Å². The molecule has 6 rings (SSSR count). The first-order valence-corrected chi connectivity index (χ1v) is 11.4. The number of para-hydroxylation sites is 2. The van der Waals surface area contributed by atoms with E-state index in [4.69, 9.17) is 9.47 Å². The van der Waals surface area contributed by atoms with Gasteiger partial charge in [0.05, 0.1) is 24.0 Å². The van der Waals surface area contributed by atoms with Gasteiger partial charge in [0.2, 0.25) is 0 Å². The van der Waals surface area contributed by atoms with E-state index in [1.165, 1.54) is 0 Å². The highest BCUT2D eigenvalue weighted by Gasteiger charge is 2.27. The molecular formula is C30H24O4. The molecule has 2 unspecified atom stereocenters. The van der Waals surface area contributed by atoms with E-state index >= 15 is 0 Å². The Kier molecular flexibility index (Phi) is 6.21. The molecule has 0 N–H and O–H groups in total. The molecule has 4 aromatic rings. The van der Waals surface area contributed by atoms with Crippen LogP contribution in [0.2, 0.25) is 0 Å². The minimum atomic E-state index is -0.154. The lowest BCUT2D eigenvalue weighted by atomic mass is 9.96. The van der Waals surface area contributed by atoms with Crippen LogP contribution in [-0.2, 0) is 0 Å². The number of hydrogen-bond acceptors (Lipinski definition) is 4. The van der Waals surface area contributed by atoms with Crippen molar-refractivity contribution in [1.29, 1.82) is 0 Å². The van der Waals surface area contributed by atoms with Gasteiger partial charge in [-0.15, -0.1) is 0 Å². The lowest BCUT2D eigenvalue weighted by Gasteiger charge is -2.25. The van der Waals surface area contributed by atoms with Gasteiger partial charge in [-0.1, -0.05) is 84.9 Å². The van der Waals surface area contributed by atoms with Crippen LogP contribution in [0.1, 0.15) is 56.9 Å². The highest BCUT2D eigenvalue weighted by molar-refractivity contribution is 6.00. The second-order valence-corrected chi connectivity index (χ2v) is 8.28. The van der Waals surface area contributed by atoms with Gasteiger partial charge in [0, 0.05) is 0 Å². The average Bonchev–Trinajstić information content (AvgIpc) is 2.90. The Hall–Kier alpha value is -4.18. The summed E-state index contributed by atoms with van der Waals surface area (Å²) in [5.41, 5.74) is 3.49. The number of carbonyl (C=O) groups excluding carboxylic acids is 2. The average molecular weight is 449 g/mol. The van der Waals surface area contributed by atoms with E-state index in [0.717, 1.165) is 11.1 Å². The maximum Gasteiger partial charge on any atom is 0.170 e. The van der Waals surface area contributed by atoms with Gasteiger partial charge in [0.1, 0.15) is 23.7 Å². The standard InChI is InChI=1S/2C15H12O2/c2*16-13-10-15(11-6-2-1-3-7-11)17-14-9-5-4-8-12(13)14/h2*1-9,15H,10H2. The van der Waals surface area contributed by atoms with Gasteiger partial charge in [0.25, 0.3) is 0 Å². The smallest absolute Gasteiger partial charge is 0.170 e. The molecule has 0 saturated heterocycles. The first kappa shape index (κ1) is 21.7. The summed E-state index contributed by atoms with van der Waals surface area (Å²) in [5, 5.41) is 0. The molecule has 2 aliphatic heterocycles. The van der Waals surface area contributed by atoms with Gasteiger partial charge in [-0.3, -0.25) is 9.59 Å². The molecule has 2 aliphatic rings. The number of ether oxygens (including phenoxy) is 2. The predicted molar refractivity (Wildman–Crippen MR) is 130 cm³/mol. The molecular weight excluding hydrogens is 424 g/mol. The van der Waals surface area contributed by atoms with E-state index in [-0.39, 0.29) is 23.8 Å². The quantitative estimate of drug-likeness (QED) is 0.339. The largest absolute Gasteiger partial charge is 0.484 e. The maximum absolute atomic E-state index is 12.0. The second-order valence-electron chi connectivity index (χ2n) is 8.28. The summed E-state index contributed by atoms with van der Waals surface area (Å²) in [6.07, 6.45) is 0.527. The van der Waals surface area contributed by atoms with E-state index in [9.17, 15) is 9.59 Å². The van der Waals surface area contributed by atoms with Crippen LogP contribution < -0.4 is 9.47 Å². The Balaban J connectivity index is 0.000000142. The molecule has 0 bridgehead atoms. The van der Waals surface area contributed by atoms with E-state index in [2.05, 4.69) is 0 Å². The summed E-state index contributed by atoms with van der Waals surface area (Å²) in [6.45, 7) is 0. The van der Waals surface area contributed by atoms with Crippen LogP contribution in [0.25, 0.3) is 0 Å². The van der Waals surface area contributed by atoms with Gasteiger partial charge in [-0.25, -0.2) is 0 Å². The van der Waals surface area contributed by atoms with Crippen LogP contribution in [0.3, 0.4) is 0 Å². The van der Waals surface area contributed by atoms with Crippen molar-refractivity contribution < 1.29 is 19.1 Å². The zero-order chi connectivity index (χ0) is 23.3. The third kappa shape index (κ3) is 4.62. The number of carbonyl (C=O) groups is 2. The Morgan fingerprint density at radius 2 is 0.824 bits per heavy atom. The van der Waals surface area contributed by atoms with E-state index < -0.39 is 0 Å². The number of fused-ring (bicyclic) bond motifs is 2. The summed E-state index contributed by atoms with van der Waals surface area (Å²) in [4.78, 5) is 24.0. The summed E-state index contributed by atoms with van der Waals surface area (Å²) in [5.74, 6) is 1.69. The zero-order valence-corrected chi connectivity index (χ0v) is 18.6. The van der Waals surface area contributed by atoms with E-state index in [1.54, 1.807) is 0 Å². The highest BCUT2D eigenvalue weighted by atomic mass is 16.5. The van der Waals surface area contributed by atoms with Crippen LogP contribution in [0.4, 0.5) is 0 Å².